The van der Waals surface area contributed by atoms with Crippen molar-refractivity contribution < 1.29 is 9.26 Å². The zero-order valence-corrected chi connectivity index (χ0v) is 10.5. The number of likely N-dealkylation sites (N-methyl/N-ethyl adjacent to an activating group) is 1. The summed E-state index contributed by atoms with van der Waals surface area (Å²) in [4.78, 5) is 4.33. The fraction of sp³-hybridized carbons (Fsp3) is 0.818. The number of hydrogen-bond donors (Lipinski definition) is 1. The average molecular weight is 227 g/mol. The maximum Gasteiger partial charge on any atom is 0.228 e. The van der Waals surface area contributed by atoms with Gasteiger partial charge in [-0.1, -0.05) is 12.1 Å². The Morgan fingerprint density at radius 1 is 1.38 bits per heavy atom. The van der Waals surface area contributed by atoms with E-state index in [2.05, 4.69) is 22.4 Å². The van der Waals surface area contributed by atoms with Crippen LogP contribution in [-0.4, -0.2) is 29.8 Å². The van der Waals surface area contributed by atoms with Crippen molar-refractivity contribution in [2.24, 2.45) is 0 Å². The smallest absolute Gasteiger partial charge is 0.228 e. The fourth-order valence-electron chi connectivity index (χ4n) is 1.40. The van der Waals surface area contributed by atoms with E-state index in [-0.39, 0.29) is 0 Å². The predicted octanol–water partition coefficient (Wildman–Crippen LogP) is 1.49. The highest BCUT2D eigenvalue weighted by Crippen LogP contribution is 2.21. The number of nitrogens with one attached hydrogen (secondary N) is 1. The van der Waals surface area contributed by atoms with Crippen molar-refractivity contribution in [2.45, 2.75) is 39.7 Å². The van der Waals surface area contributed by atoms with Gasteiger partial charge in [0.2, 0.25) is 11.7 Å². The van der Waals surface area contributed by atoms with Crippen molar-refractivity contribution in [1.29, 1.82) is 0 Å². The van der Waals surface area contributed by atoms with Gasteiger partial charge < -0.3 is 14.6 Å². The van der Waals surface area contributed by atoms with Gasteiger partial charge in [-0.2, -0.15) is 4.98 Å². The van der Waals surface area contributed by atoms with Crippen LogP contribution < -0.4 is 5.32 Å². The number of hydrogen-bond acceptors (Lipinski definition) is 5. The second-order valence-electron chi connectivity index (χ2n) is 4.06. The summed E-state index contributed by atoms with van der Waals surface area (Å²) in [7, 11) is 0. The van der Waals surface area contributed by atoms with Crippen molar-refractivity contribution in [2.75, 3.05) is 19.7 Å². The second kappa shape index (κ2) is 5.96. The summed E-state index contributed by atoms with van der Waals surface area (Å²) in [5.41, 5.74) is -0.477. The molecule has 0 unspecified atom stereocenters. The Bertz CT molecular complexity index is 310. The van der Waals surface area contributed by atoms with Crippen molar-refractivity contribution in [3.05, 3.63) is 11.7 Å². The highest BCUT2D eigenvalue weighted by molar-refractivity contribution is 4.97. The Hall–Kier alpha value is -0.940. The van der Waals surface area contributed by atoms with Gasteiger partial charge in [0.05, 0.1) is 0 Å². The van der Waals surface area contributed by atoms with Crippen LogP contribution >= 0.6 is 0 Å². The predicted molar refractivity (Wildman–Crippen MR) is 61.2 cm³/mol. The van der Waals surface area contributed by atoms with Gasteiger partial charge in [0.1, 0.15) is 5.60 Å². The van der Waals surface area contributed by atoms with Gasteiger partial charge in [-0.05, 0) is 27.3 Å². The second-order valence-corrected chi connectivity index (χ2v) is 4.06. The molecule has 1 rings (SSSR count). The van der Waals surface area contributed by atoms with E-state index < -0.39 is 5.60 Å². The van der Waals surface area contributed by atoms with Crippen LogP contribution in [-0.2, 0) is 16.8 Å². The third-order valence-corrected chi connectivity index (χ3v) is 2.28. The fourth-order valence-corrected chi connectivity index (χ4v) is 1.40. The first-order chi connectivity index (χ1) is 7.60. The molecule has 0 aliphatic rings. The van der Waals surface area contributed by atoms with Crippen molar-refractivity contribution in [1.82, 2.24) is 15.5 Å². The van der Waals surface area contributed by atoms with Crippen LogP contribution in [0.3, 0.4) is 0 Å². The van der Waals surface area contributed by atoms with E-state index in [1.54, 1.807) is 0 Å². The van der Waals surface area contributed by atoms with Gasteiger partial charge in [-0.3, -0.25) is 0 Å². The van der Waals surface area contributed by atoms with Crippen LogP contribution in [0.25, 0.3) is 0 Å². The zero-order chi connectivity index (χ0) is 12.0. The third-order valence-electron chi connectivity index (χ3n) is 2.28. The Morgan fingerprint density at radius 2 is 2.12 bits per heavy atom. The number of ether oxygens (including phenoxy) is 1. The lowest BCUT2D eigenvalue weighted by Crippen LogP contribution is -2.23. The molecular formula is C11H21N3O2. The van der Waals surface area contributed by atoms with Gasteiger partial charge in [-0.25, -0.2) is 0 Å². The van der Waals surface area contributed by atoms with Crippen molar-refractivity contribution in [3.63, 3.8) is 0 Å². The molecule has 0 atom stereocenters. The summed E-state index contributed by atoms with van der Waals surface area (Å²) in [6.07, 6.45) is 0.753. The van der Waals surface area contributed by atoms with Crippen LogP contribution in [0.2, 0.25) is 0 Å². The highest BCUT2D eigenvalue weighted by Gasteiger charge is 2.26. The van der Waals surface area contributed by atoms with Gasteiger partial charge in [0.15, 0.2) is 0 Å². The standard InChI is InChI=1S/C11H21N3O2/c1-5-12-8-7-9-13-10(14-16-9)11(3,4)15-6-2/h12H,5-8H2,1-4H3. The molecule has 1 aromatic heterocycles. The molecule has 0 radical (unpaired) electrons. The zero-order valence-electron chi connectivity index (χ0n) is 10.5. The van der Waals surface area contributed by atoms with E-state index in [4.69, 9.17) is 9.26 Å². The molecule has 0 aromatic carbocycles. The minimum Gasteiger partial charge on any atom is -0.368 e. The van der Waals surface area contributed by atoms with Crippen molar-refractivity contribution >= 4 is 0 Å². The Morgan fingerprint density at radius 3 is 2.75 bits per heavy atom. The summed E-state index contributed by atoms with van der Waals surface area (Å²) in [5.74, 6) is 1.27. The molecule has 0 fully saturated rings. The summed E-state index contributed by atoms with van der Waals surface area (Å²) < 4.78 is 10.7. The van der Waals surface area contributed by atoms with Gasteiger partial charge in [0.25, 0.3) is 0 Å². The van der Waals surface area contributed by atoms with Gasteiger partial charge in [-0.15, -0.1) is 0 Å². The van der Waals surface area contributed by atoms with E-state index in [1.165, 1.54) is 0 Å². The minimum atomic E-state index is -0.477. The monoisotopic (exact) mass is 227 g/mol. The maximum absolute atomic E-state index is 5.55. The molecular weight excluding hydrogens is 206 g/mol. The molecule has 1 heterocycles. The molecule has 0 amide bonds. The Labute approximate surface area is 96.6 Å². The van der Waals surface area contributed by atoms with E-state index in [1.807, 2.05) is 20.8 Å². The SMILES string of the molecule is CCNCCc1nc(C(C)(C)OCC)no1. The highest BCUT2D eigenvalue weighted by atomic mass is 16.5. The maximum atomic E-state index is 5.55. The van der Waals surface area contributed by atoms with E-state index >= 15 is 0 Å². The number of nitrogens with zero attached hydrogens (tertiary/aromatic N) is 2. The first-order valence-corrected chi connectivity index (χ1v) is 5.78. The van der Waals surface area contributed by atoms with Crippen LogP contribution in [0.4, 0.5) is 0 Å². The summed E-state index contributed by atoms with van der Waals surface area (Å²) >= 11 is 0. The minimum absolute atomic E-state index is 0.477. The normalized spacial score (nSPS) is 12.0. The quantitative estimate of drug-likeness (QED) is 0.715. The molecule has 0 aliphatic carbocycles. The average Bonchev–Trinajstić information content (AvgIpc) is 2.67. The topological polar surface area (TPSA) is 60.2 Å². The molecule has 0 bridgehead atoms. The first kappa shape index (κ1) is 13.1. The molecule has 0 aliphatic heterocycles. The van der Waals surface area contributed by atoms with Crippen LogP contribution in [0.1, 0.15) is 39.4 Å². The van der Waals surface area contributed by atoms with E-state index in [0.29, 0.717) is 18.3 Å². The largest absolute Gasteiger partial charge is 0.368 e. The molecule has 0 saturated carbocycles. The summed E-state index contributed by atoms with van der Waals surface area (Å²) in [5, 5.41) is 7.16. The number of aromatic nitrogens is 2. The third kappa shape index (κ3) is 3.57. The summed E-state index contributed by atoms with van der Waals surface area (Å²) in [6.45, 7) is 10.3. The lowest BCUT2D eigenvalue weighted by molar-refractivity contribution is -0.0221. The van der Waals surface area contributed by atoms with Gasteiger partial charge in [0, 0.05) is 19.6 Å². The van der Waals surface area contributed by atoms with E-state index in [0.717, 1.165) is 19.5 Å². The molecule has 0 saturated heterocycles. The van der Waals surface area contributed by atoms with Crippen molar-refractivity contribution in [3.8, 4) is 0 Å². The first-order valence-electron chi connectivity index (χ1n) is 5.78. The molecule has 92 valence electrons. The Kier molecular flexibility index (Phi) is 4.89. The van der Waals surface area contributed by atoms with Gasteiger partial charge >= 0.3 is 0 Å². The molecule has 1 aromatic rings. The molecule has 1 N–H and O–H groups in total. The molecule has 0 spiro atoms. The lowest BCUT2D eigenvalue weighted by Gasteiger charge is -2.19. The Balaban J connectivity index is 2.56. The van der Waals surface area contributed by atoms with Crippen LogP contribution in [0.5, 0.6) is 0 Å². The lowest BCUT2D eigenvalue weighted by atomic mass is 10.1. The molecule has 16 heavy (non-hydrogen) atoms. The summed E-state index contributed by atoms with van der Waals surface area (Å²) in [6, 6.07) is 0. The van der Waals surface area contributed by atoms with Crippen LogP contribution in [0, 0.1) is 0 Å². The van der Waals surface area contributed by atoms with E-state index in [9.17, 15) is 0 Å². The van der Waals surface area contributed by atoms with Crippen LogP contribution in [0.15, 0.2) is 4.52 Å². The molecule has 5 heteroatoms. The molecule has 5 nitrogen and oxygen atoms in total. The number of rotatable bonds is 7.